The second-order valence-corrected chi connectivity index (χ2v) is 6.92. The summed E-state index contributed by atoms with van der Waals surface area (Å²) in [6.07, 6.45) is 4.55. The SMILES string of the molecule is CO[C@@]12CCC(OCCO)CC1N(C(=O)c1c[nH]c(C)cc1=O)CC2. The summed E-state index contributed by atoms with van der Waals surface area (Å²) in [4.78, 5) is 29.9. The lowest BCUT2D eigenvalue weighted by atomic mass is 9.79. The summed E-state index contributed by atoms with van der Waals surface area (Å²) < 4.78 is 11.5. The lowest BCUT2D eigenvalue weighted by Gasteiger charge is -2.43. The highest BCUT2D eigenvalue weighted by molar-refractivity contribution is 5.94. The number of H-pyrrole nitrogens is 1. The van der Waals surface area contributed by atoms with Gasteiger partial charge in [0.2, 0.25) is 0 Å². The van der Waals surface area contributed by atoms with E-state index in [9.17, 15) is 9.59 Å². The van der Waals surface area contributed by atoms with Crippen LogP contribution in [0.4, 0.5) is 0 Å². The number of aliphatic hydroxyl groups is 1. The molecule has 7 heteroatoms. The standard InChI is InChI=1S/C18H26N2O5/c1-12-9-15(22)14(11-19-12)17(23)20-6-5-18(24-2)4-3-13(10-16(18)20)25-8-7-21/h9,11,13,16,21H,3-8,10H2,1-2H3,(H,19,22)/t13?,16?,18-/m1/s1. The first kappa shape index (κ1) is 18.1. The van der Waals surface area contributed by atoms with Crippen LogP contribution in [0, 0.1) is 6.92 Å². The van der Waals surface area contributed by atoms with Gasteiger partial charge in [0.05, 0.1) is 31.0 Å². The summed E-state index contributed by atoms with van der Waals surface area (Å²) in [5, 5.41) is 8.97. The molecule has 1 saturated carbocycles. The van der Waals surface area contributed by atoms with E-state index in [-0.39, 0.29) is 41.3 Å². The average Bonchev–Trinajstić information content (AvgIpc) is 2.98. The number of amides is 1. The highest BCUT2D eigenvalue weighted by Crippen LogP contribution is 2.43. The molecule has 1 aliphatic carbocycles. The second kappa shape index (κ2) is 7.27. The first-order valence-corrected chi connectivity index (χ1v) is 8.78. The Morgan fingerprint density at radius 1 is 1.48 bits per heavy atom. The van der Waals surface area contributed by atoms with Gasteiger partial charge in [0.15, 0.2) is 5.43 Å². The van der Waals surface area contributed by atoms with Gasteiger partial charge in [0, 0.05) is 31.6 Å². The molecule has 0 radical (unpaired) electrons. The first-order chi connectivity index (χ1) is 12.0. The van der Waals surface area contributed by atoms with Crippen molar-refractivity contribution in [3.05, 3.63) is 33.7 Å². The topological polar surface area (TPSA) is 91.9 Å². The number of hydrogen-bond donors (Lipinski definition) is 2. The fourth-order valence-electron chi connectivity index (χ4n) is 4.17. The normalized spacial score (nSPS) is 28.8. The molecule has 1 aromatic rings. The molecule has 1 saturated heterocycles. The molecule has 0 bridgehead atoms. The van der Waals surface area contributed by atoms with Crippen molar-refractivity contribution in [2.24, 2.45) is 0 Å². The van der Waals surface area contributed by atoms with Gasteiger partial charge in [-0.25, -0.2) is 0 Å². The number of carbonyl (C=O) groups excluding carboxylic acids is 1. The van der Waals surface area contributed by atoms with Gasteiger partial charge in [-0.15, -0.1) is 0 Å². The molecule has 25 heavy (non-hydrogen) atoms. The molecular weight excluding hydrogens is 324 g/mol. The molecule has 3 rings (SSSR count). The van der Waals surface area contributed by atoms with E-state index in [0.29, 0.717) is 19.6 Å². The minimum Gasteiger partial charge on any atom is -0.394 e. The van der Waals surface area contributed by atoms with Crippen molar-refractivity contribution in [3.63, 3.8) is 0 Å². The molecule has 0 aromatic carbocycles. The fourth-order valence-corrected chi connectivity index (χ4v) is 4.17. The Bertz CT molecular complexity index is 688. The van der Waals surface area contributed by atoms with Crippen molar-refractivity contribution in [2.75, 3.05) is 26.9 Å². The van der Waals surface area contributed by atoms with Gasteiger partial charge in [-0.3, -0.25) is 9.59 Å². The number of ether oxygens (including phenoxy) is 2. The molecular formula is C18H26N2O5. The molecule has 2 N–H and O–H groups in total. The molecule has 2 heterocycles. The van der Waals surface area contributed by atoms with Gasteiger partial charge in [0.25, 0.3) is 5.91 Å². The van der Waals surface area contributed by atoms with E-state index in [0.717, 1.165) is 25.0 Å². The van der Waals surface area contributed by atoms with E-state index in [1.165, 1.54) is 12.3 Å². The quantitative estimate of drug-likeness (QED) is 0.821. The van der Waals surface area contributed by atoms with Crippen LogP contribution in [0.25, 0.3) is 0 Å². The number of fused-ring (bicyclic) bond motifs is 1. The highest BCUT2D eigenvalue weighted by atomic mass is 16.5. The Morgan fingerprint density at radius 2 is 2.28 bits per heavy atom. The smallest absolute Gasteiger partial charge is 0.259 e. The number of aromatic nitrogens is 1. The Labute approximate surface area is 146 Å². The zero-order chi connectivity index (χ0) is 18.0. The van der Waals surface area contributed by atoms with Crippen molar-refractivity contribution in [2.45, 2.75) is 50.4 Å². The Balaban J connectivity index is 1.83. The summed E-state index contributed by atoms with van der Waals surface area (Å²) in [7, 11) is 1.69. The molecule has 3 atom stereocenters. The summed E-state index contributed by atoms with van der Waals surface area (Å²) >= 11 is 0. The molecule has 2 fully saturated rings. The Hall–Kier alpha value is -1.70. The second-order valence-electron chi connectivity index (χ2n) is 6.92. The van der Waals surface area contributed by atoms with Gasteiger partial charge in [0.1, 0.15) is 5.56 Å². The van der Waals surface area contributed by atoms with E-state index in [4.69, 9.17) is 14.6 Å². The predicted octanol–water partition coefficient (Wildman–Crippen LogP) is 0.844. The molecule has 7 nitrogen and oxygen atoms in total. The molecule has 138 valence electrons. The number of nitrogens with one attached hydrogen (secondary N) is 1. The Kier molecular flexibility index (Phi) is 5.27. The molecule has 1 aromatic heterocycles. The predicted molar refractivity (Wildman–Crippen MR) is 91.7 cm³/mol. The number of aliphatic hydroxyl groups excluding tert-OH is 1. The van der Waals surface area contributed by atoms with Crippen LogP contribution >= 0.6 is 0 Å². The van der Waals surface area contributed by atoms with Crippen LogP contribution in [0.3, 0.4) is 0 Å². The van der Waals surface area contributed by atoms with Crippen LogP contribution in [0.5, 0.6) is 0 Å². The lowest BCUT2D eigenvalue weighted by Crippen LogP contribution is -2.53. The third-order valence-corrected chi connectivity index (χ3v) is 5.53. The van der Waals surface area contributed by atoms with Crippen molar-refractivity contribution >= 4 is 5.91 Å². The monoisotopic (exact) mass is 350 g/mol. The minimum atomic E-state index is -0.369. The number of aryl methyl sites for hydroxylation is 1. The number of likely N-dealkylation sites (tertiary alicyclic amines) is 1. The maximum Gasteiger partial charge on any atom is 0.259 e. The van der Waals surface area contributed by atoms with Gasteiger partial charge in [-0.2, -0.15) is 0 Å². The van der Waals surface area contributed by atoms with Crippen LogP contribution in [0.15, 0.2) is 17.1 Å². The molecule has 1 aliphatic heterocycles. The molecule has 1 amide bonds. The van der Waals surface area contributed by atoms with Gasteiger partial charge >= 0.3 is 0 Å². The van der Waals surface area contributed by atoms with Gasteiger partial charge in [-0.1, -0.05) is 0 Å². The van der Waals surface area contributed by atoms with Crippen LogP contribution in [0.1, 0.15) is 41.7 Å². The van der Waals surface area contributed by atoms with E-state index in [2.05, 4.69) is 4.98 Å². The molecule has 0 spiro atoms. The van der Waals surface area contributed by atoms with Crippen molar-refractivity contribution < 1.29 is 19.4 Å². The number of aromatic amines is 1. The molecule has 2 unspecified atom stereocenters. The third-order valence-electron chi connectivity index (χ3n) is 5.53. The van der Waals surface area contributed by atoms with Crippen molar-refractivity contribution in [1.29, 1.82) is 0 Å². The summed E-state index contributed by atoms with van der Waals surface area (Å²) in [5.41, 5.74) is 0.256. The number of rotatable bonds is 5. The van der Waals surface area contributed by atoms with Crippen LogP contribution in [-0.4, -0.2) is 65.5 Å². The zero-order valence-corrected chi connectivity index (χ0v) is 14.8. The highest BCUT2D eigenvalue weighted by Gasteiger charge is 2.53. The summed E-state index contributed by atoms with van der Waals surface area (Å²) in [6, 6.07) is 1.32. The van der Waals surface area contributed by atoms with E-state index < -0.39 is 0 Å². The zero-order valence-electron chi connectivity index (χ0n) is 14.8. The maximum absolute atomic E-state index is 13.0. The fraction of sp³-hybridized carbons (Fsp3) is 0.667. The minimum absolute atomic E-state index is 0.00914. The molecule has 2 aliphatic rings. The Morgan fingerprint density at radius 3 is 2.96 bits per heavy atom. The first-order valence-electron chi connectivity index (χ1n) is 8.78. The van der Waals surface area contributed by atoms with Gasteiger partial charge < -0.3 is 24.5 Å². The average molecular weight is 350 g/mol. The van der Waals surface area contributed by atoms with E-state index in [1.807, 2.05) is 0 Å². The van der Waals surface area contributed by atoms with Gasteiger partial charge in [-0.05, 0) is 32.6 Å². The largest absolute Gasteiger partial charge is 0.394 e. The number of hydrogen-bond acceptors (Lipinski definition) is 5. The third kappa shape index (κ3) is 3.36. The summed E-state index contributed by atoms with van der Waals surface area (Å²) in [6.45, 7) is 2.63. The van der Waals surface area contributed by atoms with Crippen LogP contribution in [-0.2, 0) is 9.47 Å². The van der Waals surface area contributed by atoms with Crippen molar-refractivity contribution in [1.82, 2.24) is 9.88 Å². The van der Waals surface area contributed by atoms with Crippen LogP contribution in [0.2, 0.25) is 0 Å². The van der Waals surface area contributed by atoms with Crippen LogP contribution < -0.4 is 5.43 Å². The number of methoxy groups -OCH3 is 1. The lowest BCUT2D eigenvalue weighted by molar-refractivity contribution is -0.0992. The number of pyridine rings is 1. The number of nitrogens with zero attached hydrogens (tertiary/aromatic N) is 1. The van der Waals surface area contributed by atoms with E-state index >= 15 is 0 Å². The van der Waals surface area contributed by atoms with E-state index in [1.54, 1.807) is 18.9 Å². The number of carbonyl (C=O) groups is 1. The van der Waals surface area contributed by atoms with Crippen molar-refractivity contribution in [3.8, 4) is 0 Å². The maximum atomic E-state index is 13.0. The summed E-state index contributed by atoms with van der Waals surface area (Å²) in [5.74, 6) is -0.256.